The monoisotopic (exact) mass is 303 g/mol. The summed E-state index contributed by atoms with van der Waals surface area (Å²) in [6.07, 6.45) is 5.06. The number of anilines is 2. The van der Waals surface area contributed by atoms with Gasteiger partial charge in [0.05, 0.1) is 24.6 Å². The van der Waals surface area contributed by atoms with Crippen LogP contribution in [-0.2, 0) is 4.74 Å². The van der Waals surface area contributed by atoms with Crippen LogP contribution in [0.5, 0.6) is 0 Å². The average molecular weight is 303 g/mol. The molecule has 2 aliphatic heterocycles. The number of amides is 2. The van der Waals surface area contributed by atoms with Gasteiger partial charge < -0.3 is 19.9 Å². The lowest BCUT2D eigenvalue weighted by molar-refractivity contribution is 0.0564. The molecule has 1 aromatic rings. The number of nitrogens with one attached hydrogen (secondary N) is 1. The van der Waals surface area contributed by atoms with E-state index >= 15 is 0 Å². The summed E-state index contributed by atoms with van der Waals surface area (Å²) >= 11 is 0. The second kappa shape index (κ2) is 7.49. The Morgan fingerprint density at radius 3 is 2.36 bits per heavy atom. The summed E-state index contributed by atoms with van der Waals surface area (Å²) in [5.74, 6) is 0. The summed E-state index contributed by atoms with van der Waals surface area (Å²) in [6.45, 7) is 4.73. The number of carbonyl (C=O) groups excluding carboxylic acids is 1. The molecule has 0 atom stereocenters. The van der Waals surface area contributed by atoms with Crippen LogP contribution < -0.4 is 10.2 Å². The van der Waals surface area contributed by atoms with Gasteiger partial charge in [0, 0.05) is 26.2 Å². The molecule has 0 radical (unpaired) electrons. The lowest BCUT2D eigenvalue weighted by Gasteiger charge is -2.29. The van der Waals surface area contributed by atoms with Gasteiger partial charge in [-0.3, -0.25) is 0 Å². The Bertz CT molecular complexity index is 492. The summed E-state index contributed by atoms with van der Waals surface area (Å²) in [5, 5.41) is 3.09. The van der Waals surface area contributed by atoms with E-state index in [1.54, 1.807) is 0 Å². The van der Waals surface area contributed by atoms with E-state index in [-0.39, 0.29) is 6.03 Å². The Kier molecular flexibility index (Phi) is 5.16. The molecule has 5 nitrogen and oxygen atoms in total. The van der Waals surface area contributed by atoms with Crippen molar-refractivity contribution < 1.29 is 9.53 Å². The van der Waals surface area contributed by atoms with Crippen LogP contribution in [0, 0.1) is 0 Å². The fourth-order valence-corrected chi connectivity index (χ4v) is 3.13. The van der Waals surface area contributed by atoms with Crippen molar-refractivity contribution in [2.75, 3.05) is 49.6 Å². The van der Waals surface area contributed by atoms with Gasteiger partial charge in [0.25, 0.3) is 0 Å². The molecule has 0 unspecified atom stereocenters. The van der Waals surface area contributed by atoms with Crippen molar-refractivity contribution in [2.24, 2.45) is 0 Å². The first kappa shape index (κ1) is 15.2. The summed E-state index contributed by atoms with van der Waals surface area (Å²) in [6, 6.07) is 8.12. The fourth-order valence-electron chi connectivity index (χ4n) is 3.13. The maximum atomic E-state index is 12.4. The predicted molar refractivity (Wildman–Crippen MR) is 88.5 cm³/mol. The Balaban J connectivity index is 1.71. The SMILES string of the molecule is O=C(Nc1ccccc1N1CCCCCC1)N1CCOCC1. The molecule has 1 aromatic carbocycles. The molecule has 1 N–H and O–H groups in total. The number of carbonyl (C=O) groups is 1. The fraction of sp³-hybridized carbons (Fsp3) is 0.588. The number of para-hydroxylation sites is 2. The van der Waals surface area contributed by atoms with E-state index in [2.05, 4.69) is 16.3 Å². The van der Waals surface area contributed by atoms with Gasteiger partial charge in [-0.25, -0.2) is 4.79 Å². The van der Waals surface area contributed by atoms with Gasteiger partial charge in [-0.2, -0.15) is 0 Å². The molecular weight excluding hydrogens is 278 g/mol. The largest absolute Gasteiger partial charge is 0.378 e. The molecule has 0 spiro atoms. The zero-order valence-electron chi connectivity index (χ0n) is 13.1. The van der Waals surface area contributed by atoms with Crippen molar-refractivity contribution in [1.29, 1.82) is 0 Å². The molecule has 0 aromatic heterocycles. The number of benzene rings is 1. The number of ether oxygens (including phenoxy) is 1. The van der Waals surface area contributed by atoms with Crippen molar-refractivity contribution in [3.8, 4) is 0 Å². The summed E-state index contributed by atoms with van der Waals surface area (Å²) in [5.41, 5.74) is 2.06. The van der Waals surface area contributed by atoms with E-state index in [0.717, 1.165) is 24.5 Å². The van der Waals surface area contributed by atoms with Crippen molar-refractivity contribution in [2.45, 2.75) is 25.7 Å². The highest BCUT2D eigenvalue weighted by molar-refractivity contribution is 5.93. The molecule has 3 rings (SSSR count). The van der Waals surface area contributed by atoms with Gasteiger partial charge in [-0.1, -0.05) is 25.0 Å². The van der Waals surface area contributed by atoms with Gasteiger partial charge >= 0.3 is 6.03 Å². The van der Waals surface area contributed by atoms with E-state index < -0.39 is 0 Å². The second-order valence-corrected chi connectivity index (χ2v) is 5.95. The minimum atomic E-state index is -0.0226. The number of hydrogen-bond acceptors (Lipinski definition) is 3. The van der Waals surface area contributed by atoms with Crippen molar-refractivity contribution in [3.05, 3.63) is 24.3 Å². The third-order valence-electron chi connectivity index (χ3n) is 4.39. The van der Waals surface area contributed by atoms with Gasteiger partial charge in [0.1, 0.15) is 0 Å². The van der Waals surface area contributed by atoms with Crippen LogP contribution in [0.15, 0.2) is 24.3 Å². The number of rotatable bonds is 2. The van der Waals surface area contributed by atoms with Gasteiger partial charge in [-0.05, 0) is 25.0 Å². The van der Waals surface area contributed by atoms with Crippen molar-refractivity contribution >= 4 is 17.4 Å². The molecule has 120 valence electrons. The zero-order chi connectivity index (χ0) is 15.2. The van der Waals surface area contributed by atoms with Crippen molar-refractivity contribution in [1.82, 2.24) is 4.90 Å². The quantitative estimate of drug-likeness (QED) is 0.913. The molecule has 2 amide bonds. The lowest BCUT2D eigenvalue weighted by Crippen LogP contribution is -2.43. The molecule has 0 saturated carbocycles. The van der Waals surface area contributed by atoms with Gasteiger partial charge in [-0.15, -0.1) is 0 Å². The maximum Gasteiger partial charge on any atom is 0.322 e. The number of morpholine rings is 1. The third kappa shape index (κ3) is 3.71. The lowest BCUT2D eigenvalue weighted by atomic mass is 10.2. The average Bonchev–Trinajstić information content (AvgIpc) is 2.85. The smallest absolute Gasteiger partial charge is 0.322 e. The van der Waals surface area contributed by atoms with Crippen LogP contribution in [0.3, 0.4) is 0 Å². The Hall–Kier alpha value is -1.75. The van der Waals surface area contributed by atoms with E-state index in [1.807, 2.05) is 23.1 Å². The highest BCUT2D eigenvalue weighted by Crippen LogP contribution is 2.28. The molecular formula is C17H25N3O2. The maximum absolute atomic E-state index is 12.4. The van der Waals surface area contributed by atoms with Crippen LogP contribution in [0.1, 0.15) is 25.7 Å². The van der Waals surface area contributed by atoms with E-state index in [9.17, 15) is 4.79 Å². The summed E-state index contributed by atoms with van der Waals surface area (Å²) < 4.78 is 5.30. The minimum absolute atomic E-state index is 0.0226. The first-order valence-electron chi connectivity index (χ1n) is 8.32. The van der Waals surface area contributed by atoms with E-state index in [4.69, 9.17) is 4.74 Å². The topological polar surface area (TPSA) is 44.8 Å². The Morgan fingerprint density at radius 1 is 0.955 bits per heavy atom. The Morgan fingerprint density at radius 2 is 1.64 bits per heavy atom. The molecule has 22 heavy (non-hydrogen) atoms. The molecule has 2 fully saturated rings. The molecule has 2 aliphatic rings. The summed E-state index contributed by atoms with van der Waals surface area (Å²) in [4.78, 5) is 16.6. The summed E-state index contributed by atoms with van der Waals surface area (Å²) in [7, 11) is 0. The second-order valence-electron chi connectivity index (χ2n) is 5.95. The highest BCUT2D eigenvalue weighted by Gasteiger charge is 2.19. The minimum Gasteiger partial charge on any atom is -0.378 e. The molecule has 2 saturated heterocycles. The Labute approximate surface area is 132 Å². The zero-order valence-corrected chi connectivity index (χ0v) is 13.1. The van der Waals surface area contributed by atoms with E-state index in [1.165, 1.54) is 25.7 Å². The van der Waals surface area contributed by atoms with Gasteiger partial charge in [0.15, 0.2) is 0 Å². The predicted octanol–water partition coefficient (Wildman–Crippen LogP) is 2.93. The van der Waals surface area contributed by atoms with Crippen LogP contribution >= 0.6 is 0 Å². The first-order chi connectivity index (χ1) is 10.8. The first-order valence-corrected chi connectivity index (χ1v) is 8.32. The van der Waals surface area contributed by atoms with Crippen LogP contribution in [0.2, 0.25) is 0 Å². The number of nitrogens with zero attached hydrogens (tertiary/aromatic N) is 2. The van der Waals surface area contributed by atoms with Crippen LogP contribution in [0.25, 0.3) is 0 Å². The number of hydrogen-bond donors (Lipinski definition) is 1. The van der Waals surface area contributed by atoms with Crippen LogP contribution in [0.4, 0.5) is 16.2 Å². The van der Waals surface area contributed by atoms with Crippen molar-refractivity contribution in [3.63, 3.8) is 0 Å². The molecule has 0 bridgehead atoms. The number of urea groups is 1. The highest BCUT2D eigenvalue weighted by atomic mass is 16.5. The third-order valence-corrected chi connectivity index (χ3v) is 4.39. The normalized spacial score (nSPS) is 19.6. The molecule has 5 heteroatoms. The van der Waals surface area contributed by atoms with Gasteiger partial charge in [0.2, 0.25) is 0 Å². The van der Waals surface area contributed by atoms with E-state index in [0.29, 0.717) is 26.3 Å². The molecule has 2 heterocycles. The standard InChI is InChI=1S/C17H25N3O2/c21-17(20-11-13-22-14-12-20)18-15-7-3-4-8-16(15)19-9-5-1-2-6-10-19/h3-4,7-8H,1-2,5-6,9-14H2,(H,18,21). The van der Waals surface area contributed by atoms with Crippen LogP contribution in [-0.4, -0.2) is 50.3 Å². The molecule has 0 aliphatic carbocycles.